The summed E-state index contributed by atoms with van der Waals surface area (Å²) in [5.74, 6) is 2.53. The number of pyridine rings is 1. The lowest BCUT2D eigenvalue weighted by molar-refractivity contribution is 0.0710. The monoisotopic (exact) mass is 560 g/mol. The van der Waals surface area contributed by atoms with Crippen molar-refractivity contribution in [1.29, 1.82) is 0 Å². The first-order valence-electron chi connectivity index (χ1n) is 15.4. The van der Waals surface area contributed by atoms with E-state index in [1.807, 2.05) is 12.1 Å². The van der Waals surface area contributed by atoms with Crippen molar-refractivity contribution in [2.45, 2.75) is 44.7 Å². The molecular weight excluding hydrogens is 524 g/mol. The van der Waals surface area contributed by atoms with E-state index in [0.29, 0.717) is 0 Å². The molecule has 0 unspecified atom stereocenters. The fraction of sp³-hybridized carbons (Fsp3) is 0.371. The molecule has 4 aliphatic heterocycles. The highest BCUT2D eigenvalue weighted by Gasteiger charge is 2.33. The molecule has 4 aromatic rings. The lowest BCUT2D eigenvalue weighted by Gasteiger charge is -2.31. The molecule has 1 atom stereocenters. The molecule has 1 aromatic heterocycles. The van der Waals surface area contributed by atoms with Gasteiger partial charge in [0.05, 0.1) is 11.1 Å². The first-order valence-corrected chi connectivity index (χ1v) is 15.4. The maximum absolute atomic E-state index is 14.5. The van der Waals surface area contributed by atoms with Crippen LogP contribution < -0.4 is 14.4 Å². The second kappa shape index (κ2) is 10.6. The quantitative estimate of drug-likeness (QED) is 0.303. The zero-order valence-electron chi connectivity index (χ0n) is 23.9. The van der Waals surface area contributed by atoms with Gasteiger partial charge in [-0.15, -0.1) is 0 Å². The van der Waals surface area contributed by atoms with Crippen LogP contribution in [-0.2, 0) is 13.0 Å². The number of carbonyl (C=O) groups excluding carboxylic acids is 1. The molecule has 5 heterocycles. The van der Waals surface area contributed by atoms with Gasteiger partial charge >= 0.3 is 0 Å². The highest BCUT2D eigenvalue weighted by atomic mass is 16.7. The predicted molar refractivity (Wildman–Crippen MR) is 164 cm³/mol. The Kier molecular flexibility index (Phi) is 6.48. The lowest BCUT2D eigenvalue weighted by Crippen LogP contribution is -2.42. The number of carbonyl (C=O) groups is 1. The van der Waals surface area contributed by atoms with Gasteiger partial charge in [-0.1, -0.05) is 36.4 Å². The fourth-order valence-electron chi connectivity index (χ4n) is 7.21. The standard InChI is InChI=1S/C35H36N4O3/c40-35(39-16-5-8-28(39)22-37-14-3-4-15-37)30-20-34(38-17-13-24-6-1-2-7-27(24)21-38)36-31-11-9-25(18-29(30)31)26-10-12-32-33(19-26)42-23-41-32/h1-2,6-7,9-12,18-20,28H,3-5,8,13-17,21-23H2/t28-/m0/s1. The first kappa shape index (κ1) is 25.6. The van der Waals surface area contributed by atoms with Crippen LogP contribution in [0.15, 0.2) is 66.7 Å². The number of ether oxygens (including phenoxy) is 2. The number of fused-ring (bicyclic) bond motifs is 3. The summed E-state index contributed by atoms with van der Waals surface area (Å²) >= 11 is 0. The molecule has 214 valence electrons. The van der Waals surface area contributed by atoms with Crippen LogP contribution in [0.5, 0.6) is 11.5 Å². The third-order valence-electron chi connectivity index (χ3n) is 9.49. The number of likely N-dealkylation sites (tertiary alicyclic amines) is 2. The number of benzene rings is 3. The summed E-state index contributed by atoms with van der Waals surface area (Å²) < 4.78 is 11.2. The first-order chi connectivity index (χ1) is 20.7. The third-order valence-corrected chi connectivity index (χ3v) is 9.49. The molecular formula is C35H36N4O3. The van der Waals surface area contributed by atoms with Crippen molar-refractivity contribution in [2.75, 3.05) is 44.4 Å². The Morgan fingerprint density at radius 3 is 2.55 bits per heavy atom. The van der Waals surface area contributed by atoms with Gasteiger partial charge in [-0.2, -0.15) is 0 Å². The molecule has 7 heteroatoms. The van der Waals surface area contributed by atoms with Gasteiger partial charge in [-0.05, 0) is 97.8 Å². The van der Waals surface area contributed by atoms with Crippen LogP contribution in [0, 0.1) is 0 Å². The number of rotatable bonds is 5. The van der Waals surface area contributed by atoms with Gasteiger partial charge in [0.1, 0.15) is 5.82 Å². The Morgan fingerprint density at radius 1 is 0.833 bits per heavy atom. The summed E-state index contributed by atoms with van der Waals surface area (Å²) in [5.41, 5.74) is 6.41. The number of amides is 1. The topological polar surface area (TPSA) is 58.1 Å². The highest BCUT2D eigenvalue weighted by Crippen LogP contribution is 2.38. The minimum atomic E-state index is 0.130. The van der Waals surface area contributed by atoms with Gasteiger partial charge in [-0.3, -0.25) is 4.79 Å². The van der Waals surface area contributed by atoms with E-state index >= 15 is 0 Å². The maximum atomic E-state index is 14.5. The zero-order valence-corrected chi connectivity index (χ0v) is 23.9. The van der Waals surface area contributed by atoms with Crippen molar-refractivity contribution in [3.05, 3.63) is 83.4 Å². The number of hydrogen-bond acceptors (Lipinski definition) is 6. The molecule has 0 N–H and O–H groups in total. The fourth-order valence-corrected chi connectivity index (χ4v) is 7.21. The number of anilines is 1. The van der Waals surface area contributed by atoms with E-state index < -0.39 is 0 Å². The van der Waals surface area contributed by atoms with Gasteiger partial charge in [0.25, 0.3) is 5.91 Å². The van der Waals surface area contributed by atoms with Gasteiger partial charge in [0, 0.05) is 37.6 Å². The predicted octanol–water partition coefficient (Wildman–Crippen LogP) is 5.89. The Morgan fingerprint density at radius 2 is 1.64 bits per heavy atom. The summed E-state index contributed by atoms with van der Waals surface area (Å²) in [6.07, 6.45) is 5.64. The van der Waals surface area contributed by atoms with Crippen molar-refractivity contribution in [1.82, 2.24) is 14.8 Å². The highest BCUT2D eigenvalue weighted by molar-refractivity contribution is 6.08. The summed E-state index contributed by atoms with van der Waals surface area (Å²) in [6.45, 7) is 6.03. The summed E-state index contributed by atoms with van der Waals surface area (Å²) in [4.78, 5) is 26.7. The molecule has 0 spiro atoms. The number of hydrogen-bond donors (Lipinski definition) is 0. The molecule has 3 aromatic carbocycles. The van der Waals surface area contributed by atoms with E-state index in [2.05, 4.69) is 69.3 Å². The molecule has 0 saturated carbocycles. The summed E-state index contributed by atoms with van der Waals surface area (Å²) in [6, 6.07) is 23.3. The van der Waals surface area contributed by atoms with E-state index in [-0.39, 0.29) is 18.7 Å². The van der Waals surface area contributed by atoms with Gasteiger partial charge < -0.3 is 24.2 Å². The van der Waals surface area contributed by atoms with Crippen LogP contribution in [-0.4, -0.2) is 66.2 Å². The van der Waals surface area contributed by atoms with Crippen LogP contribution in [0.25, 0.3) is 22.0 Å². The van der Waals surface area contributed by atoms with E-state index in [1.54, 1.807) is 0 Å². The van der Waals surface area contributed by atoms with Crippen molar-refractivity contribution in [3.63, 3.8) is 0 Å². The van der Waals surface area contributed by atoms with E-state index in [0.717, 1.165) is 103 Å². The molecule has 42 heavy (non-hydrogen) atoms. The minimum Gasteiger partial charge on any atom is -0.454 e. The van der Waals surface area contributed by atoms with Crippen LogP contribution >= 0.6 is 0 Å². The molecule has 1 amide bonds. The Bertz CT molecular complexity index is 1660. The average Bonchev–Trinajstić information content (AvgIpc) is 3.82. The van der Waals surface area contributed by atoms with Gasteiger partial charge in [-0.25, -0.2) is 4.98 Å². The smallest absolute Gasteiger partial charge is 0.254 e. The second-order valence-corrected chi connectivity index (χ2v) is 12.1. The maximum Gasteiger partial charge on any atom is 0.254 e. The molecule has 0 bridgehead atoms. The van der Waals surface area contributed by atoms with Crippen LogP contribution in [0.1, 0.15) is 47.2 Å². The number of aromatic nitrogens is 1. The second-order valence-electron chi connectivity index (χ2n) is 12.1. The van der Waals surface area contributed by atoms with Gasteiger partial charge in [0.15, 0.2) is 11.5 Å². The minimum absolute atomic E-state index is 0.130. The van der Waals surface area contributed by atoms with Crippen molar-refractivity contribution < 1.29 is 14.3 Å². The van der Waals surface area contributed by atoms with E-state index in [4.69, 9.17) is 14.5 Å². The molecule has 8 rings (SSSR count). The molecule has 0 radical (unpaired) electrons. The Labute approximate surface area is 246 Å². The van der Waals surface area contributed by atoms with E-state index in [9.17, 15) is 4.79 Å². The van der Waals surface area contributed by atoms with Crippen LogP contribution in [0.3, 0.4) is 0 Å². The summed E-state index contributed by atoms with van der Waals surface area (Å²) in [5, 5.41) is 0.906. The molecule has 7 nitrogen and oxygen atoms in total. The Hall–Kier alpha value is -4.10. The molecule has 2 saturated heterocycles. The molecule has 0 aliphatic carbocycles. The van der Waals surface area contributed by atoms with Crippen LogP contribution in [0.2, 0.25) is 0 Å². The SMILES string of the molecule is O=C(c1cc(N2CCc3ccccc3C2)nc2ccc(-c3ccc4c(c3)OCO4)cc12)N1CCC[C@H]1CN1CCCC1. The molecule has 2 fully saturated rings. The number of nitrogens with zero attached hydrogens (tertiary/aromatic N) is 4. The zero-order chi connectivity index (χ0) is 28.0. The normalized spacial score (nSPS) is 20.0. The van der Waals surface area contributed by atoms with Crippen molar-refractivity contribution in [3.8, 4) is 22.6 Å². The van der Waals surface area contributed by atoms with Crippen molar-refractivity contribution in [2.24, 2.45) is 0 Å². The average molecular weight is 561 g/mol. The Balaban J connectivity index is 1.19. The summed E-state index contributed by atoms with van der Waals surface area (Å²) in [7, 11) is 0. The van der Waals surface area contributed by atoms with Gasteiger partial charge in [0.2, 0.25) is 6.79 Å². The van der Waals surface area contributed by atoms with Crippen LogP contribution in [0.4, 0.5) is 5.82 Å². The third kappa shape index (κ3) is 4.66. The lowest BCUT2D eigenvalue weighted by atomic mass is 9.98. The largest absolute Gasteiger partial charge is 0.454 e. The molecule has 4 aliphatic rings. The van der Waals surface area contributed by atoms with E-state index in [1.165, 1.54) is 24.0 Å². The van der Waals surface area contributed by atoms with Crippen molar-refractivity contribution >= 4 is 22.6 Å².